The lowest BCUT2D eigenvalue weighted by molar-refractivity contribution is 0.601. The van der Waals surface area contributed by atoms with Gasteiger partial charge in [0, 0.05) is 17.4 Å². The summed E-state index contributed by atoms with van der Waals surface area (Å²) >= 11 is 5.99. The summed E-state index contributed by atoms with van der Waals surface area (Å²) in [4.78, 5) is 8.41. The van der Waals surface area contributed by atoms with E-state index in [1.807, 2.05) is 6.92 Å². The number of nitrogens with one attached hydrogen (secondary N) is 1. The SMILES string of the molecule is Cc1ccc(S(=O)(=O)Nc2ccc3nccnc3c2)cc1Cl. The molecule has 0 spiro atoms. The smallest absolute Gasteiger partial charge is 0.261 e. The predicted molar refractivity (Wildman–Crippen MR) is 86.5 cm³/mol. The second kappa shape index (κ2) is 5.55. The van der Waals surface area contributed by atoms with Crippen molar-refractivity contribution >= 4 is 38.3 Å². The molecule has 0 amide bonds. The van der Waals surface area contributed by atoms with Crippen LogP contribution in [0.1, 0.15) is 5.56 Å². The molecule has 0 unspecified atom stereocenters. The van der Waals surface area contributed by atoms with E-state index in [2.05, 4.69) is 14.7 Å². The van der Waals surface area contributed by atoms with Gasteiger partial charge in [0.2, 0.25) is 0 Å². The van der Waals surface area contributed by atoms with E-state index in [1.54, 1.807) is 36.7 Å². The molecule has 22 heavy (non-hydrogen) atoms. The molecule has 0 aliphatic rings. The van der Waals surface area contributed by atoms with Crippen LogP contribution in [0.2, 0.25) is 5.02 Å². The van der Waals surface area contributed by atoms with E-state index >= 15 is 0 Å². The van der Waals surface area contributed by atoms with Gasteiger partial charge in [0.15, 0.2) is 0 Å². The van der Waals surface area contributed by atoms with Crippen molar-refractivity contribution in [1.82, 2.24) is 9.97 Å². The fourth-order valence-electron chi connectivity index (χ4n) is 1.98. The summed E-state index contributed by atoms with van der Waals surface area (Å²) < 4.78 is 27.3. The third-order valence-corrected chi connectivity index (χ3v) is 4.96. The maximum absolute atomic E-state index is 12.4. The first-order chi connectivity index (χ1) is 10.5. The fraction of sp³-hybridized carbons (Fsp3) is 0.0667. The lowest BCUT2D eigenvalue weighted by atomic mass is 10.2. The van der Waals surface area contributed by atoms with Gasteiger partial charge in [-0.15, -0.1) is 0 Å². The van der Waals surface area contributed by atoms with E-state index in [0.29, 0.717) is 21.7 Å². The number of aromatic nitrogens is 2. The summed E-state index contributed by atoms with van der Waals surface area (Å²) in [7, 11) is -3.70. The van der Waals surface area contributed by atoms with Gasteiger partial charge in [-0.05, 0) is 42.8 Å². The normalized spacial score (nSPS) is 11.5. The van der Waals surface area contributed by atoms with Crippen molar-refractivity contribution in [3.63, 3.8) is 0 Å². The molecule has 0 radical (unpaired) electrons. The molecule has 3 rings (SSSR count). The zero-order valence-electron chi connectivity index (χ0n) is 11.6. The molecule has 0 fully saturated rings. The molecule has 1 N–H and O–H groups in total. The van der Waals surface area contributed by atoms with E-state index in [-0.39, 0.29) is 4.90 Å². The molecule has 0 aliphatic heterocycles. The average molecular weight is 334 g/mol. The van der Waals surface area contributed by atoms with Crippen molar-refractivity contribution in [2.45, 2.75) is 11.8 Å². The van der Waals surface area contributed by atoms with Crippen LogP contribution in [0.3, 0.4) is 0 Å². The monoisotopic (exact) mass is 333 g/mol. The maximum atomic E-state index is 12.4. The largest absolute Gasteiger partial charge is 0.280 e. The van der Waals surface area contributed by atoms with Gasteiger partial charge in [-0.25, -0.2) is 8.42 Å². The molecule has 1 aromatic heterocycles. The molecular weight excluding hydrogens is 322 g/mol. The molecule has 0 aliphatic carbocycles. The predicted octanol–water partition coefficient (Wildman–Crippen LogP) is 3.39. The number of rotatable bonds is 3. The quantitative estimate of drug-likeness (QED) is 0.797. The summed E-state index contributed by atoms with van der Waals surface area (Å²) in [5.74, 6) is 0. The second-order valence-corrected chi connectivity index (χ2v) is 6.87. The second-order valence-electron chi connectivity index (χ2n) is 4.78. The Morgan fingerprint density at radius 2 is 1.73 bits per heavy atom. The molecule has 3 aromatic rings. The van der Waals surface area contributed by atoms with Crippen LogP contribution < -0.4 is 4.72 Å². The van der Waals surface area contributed by atoms with Crippen molar-refractivity contribution in [2.24, 2.45) is 0 Å². The van der Waals surface area contributed by atoms with Crippen LogP contribution in [0.5, 0.6) is 0 Å². The highest BCUT2D eigenvalue weighted by Gasteiger charge is 2.15. The first-order valence-corrected chi connectivity index (χ1v) is 8.31. The molecule has 1 heterocycles. The Morgan fingerprint density at radius 3 is 2.45 bits per heavy atom. The Hall–Kier alpha value is -2.18. The van der Waals surface area contributed by atoms with Crippen LogP contribution in [-0.4, -0.2) is 18.4 Å². The van der Waals surface area contributed by atoms with Gasteiger partial charge < -0.3 is 0 Å². The number of fused-ring (bicyclic) bond motifs is 1. The van der Waals surface area contributed by atoms with E-state index in [1.165, 1.54) is 12.1 Å². The van der Waals surface area contributed by atoms with Gasteiger partial charge in [-0.3, -0.25) is 14.7 Å². The first-order valence-electron chi connectivity index (χ1n) is 6.45. The molecule has 112 valence electrons. The standard InChI is InChI=1S/C15H12ClN3O2S/c1-10-2-4-12(9-13(10)16)22(20,21)19-11-3-5-14-15(8-11)18-7-6-17-14/h2-9,19H,1H3. The van der Waals surface area contributed by atoms with Gasteiger partial charge in [0.25, 0.3) is 10.0 Å². The summed E-state index contributed by atoms with van der Waals surface area (Å²) in [5, 5.41) is 0.409. The number of hydrogen-bond acceptors (Lipinski definition) is 4. The van der Waals surface area contributed by atoms with Gasteiger partial charge in [-0.1, -0.05) is 17.7 Å². The minimum absolute atomic E-state index is 0.113. The molecule has 2 aromatic carbocycles. The van der Waals surface area contributed by atoms with E-state index in [4.69, 9.17) is 11.6 Å². The molecule has 0 saturated carbocycles. The van der Waals surface area contributed by atoms with Crippen LogP contribution in [0.25, 0.3) is 11.0 Å². The minimum atomic E-state index is -3.70. The van der Waals surface area contributed by atoms with E-state index in [0.717, 1.165) is 5.56 Å². The third-order valence-electron chi connectivity index (χ3n) is 3.18. The first kappa shape index (κ1) is 14.7. The highest BCUT2D eigenvalue weighted by molar-refractivity contribution is 7.92. The van der Waals surface area contributed by atoms with Crippen LogP contribution >= 0.6 is 11.6 Å². The topological polar surface area (TPSA) is 72.0 Å². The van der Waals surface area contributed by atoms with E-state index < -0.39 is 10.0 Å². The Balaban J connectivity index is 1.97. The highest BCUT2D eigenvalue weighted by atomic mass is 35.5. The van der Waals surface area contributed by atoms with Gasteiger partial charge in [0.05, 0.1) is 21.6 Å². The van der Waals surface area contributed by atoms with Gasteiger partial charge >= 0.3 is 0 Å². The van der Waals surface area contributed by atoms with Crippen molar-refractivity contribution < 1.29 is 8.42 Å². The summed E-state index contributed by atoms with van der Waals surface area (Å²) in [6.45, 7) is 1.81. The fourth-order valence-corrected chi connectivity index (χ4v) is 3.30. The number of sulfonamides is 1. The molecule has 0 bridgehead atoms. The molecule has 0 saturated heterocycles. The van der Waals surface area contributed by atoms with E-state index in [9.17, 15) is 8.42 Å². The number of hydrogen-bond donors (Lipinski definition) is 1. The van der Waals surface area contributed by atoms with Gasteiger partial charge in [-0.2, -0.15) is 0 Å². The van der Waals surface area contributed by atoms with Crippen molar-refractivity contribution in [2.75, 3.05) is 4.72 Å². The Labute approximate surface area is 133 Å². The van der Waals surface area contributed by atoms with Crippen LogP contribution in [-0.2, 0) is 10.0 Å². The van der Waals surface area contributed by atoms with Crippen molar-refractivity contribution in [1.29, 1.82) is 0 Å². The third kappa shape index (κ3) is 2.88. The van der Waals surface area contributed by atoms with Crippen molar-refractivity contribution in [3.8, 4) is 0 Å². The Morgan fingerprint density at radius 1 is 1.00 bits per heavy atom. The van der Waals surface area contributed by atoms with Crippen LogP contribution in [0.4, 0.5) is 5.69 Å². The molecular formula is C15H12ClN3O2S. The molecule has 7 heteroatoms. The number of anilines is 1. The summed E-state index contributed by atoms with van der Waals surface area (Å²) in [6.07, 6.45) is 3.14. The zero-order chi connectivity index (χ0) is 15.7. The number of nitrogens with zero attached hydrogens (tertiary/aromatic N) is 2. The lowest BCUT2D eigenvalue weighted by Crippen LogP contribution is -2.13. The maximum Gasteiger partial charge on any atom is 0.261 e. The summed E-state index contributed by atoms with van der Waals surface area (Å²) in [5.41, 5.74) is 2.56. The zero-order valence-corrected chi connectivity index (χ0v) is 13.2. The Bertz CT molecular complexity index is 958. The van der Waals surface area contributed by atoms with Gasteiger partial charge in [0.1, 0.15) is 0 Å². The van der Waals surface area contributed by atoms with Crippen LogP contribution in [0, 0.1) is 6.92 Å². The molecule has 5 nitrogen and oxygen atoms in total. The minimum Gasteiger partial charge on any atom is -0.280 e. The van der Waals surface area contributed by atoms with Crippen molar-refractivity contribution in [3.05, 3.63) is 59.4 Å². The average Bonchev–Trinajstić information content (AvgIpc) is 2.49. The number of aryl methyl sites for hydroxylation is 1. The summed E-state index contributed by atoms with van der Waals surface area (Å²) in [6, 6.07) is 9.61. The molecule has 0 atom stereocenters. The Kier molecular flexibility index (Phi) is 3.72. The van der Waals surface area contributed by atoms with Crippen LogP contribution in [0.15, 0.2) is 53.7 Å². The number of benzene rings is 2. The lowest BCUT2D eigenvalue weighted by Gasteiger charge is -2.09. The highest BCUT2D eigenvalue weighted by Crippen LogP contribution is 2.23. The number of halogens is 1.